The molecule has 1 aromatic heterocycles. The van der Waals surface area contributed by atoms with Crippen LogP contribution in [0.2, 0.25) is 0 Å². The lowest BCUT2D eigenvalue weighted by Crippen LogP contribution is -2.32. The number of ether oxygens (including phenoxy) is 1. The van der Waals surface area contributed by atoms with E-state index >= 15 is 0 Å². The number of pyridine rings is 1. The van der Waals surface area contributed by atoms with Crippen molar-refractivity contribution in [2.45, 2.75) is 45.3 Å². The molecule has 1 aliphatic heterocycles. The van der Waals surface area contributed by atoms with E-state index in [4.69, 9.17) is 10.00 Å². The zero-order valence-corrected chi connectivity index (χ0v) is 14.4. The fraction of sp³-hybridized carbons (Fsp3) is 0.588. The number of carbonyl (C=O) groups excluding carboxylic acids is 1. The highest BCUT2D eigenvalue weighted by Crippen LogP contribution is 2.20. The third-order valence-corrected chi connectivity index (χ3v) is 3.79. The minimum atomic E-state index is -0.639. The van der Waals surface area contributed by atoms with E-state index in [1.807, 2.05) is 0 Å². The van der Waals surface area contributed by atoms with Gasteiger partial charge in [-0.05, 0) is 39.3 Å². The largest absolute Gasteiger partial charge is 0.444 e. The molecule has 7 heteroatoms. The number of likely N-dealkylation sites (tertiary alicyclic amines) is 1. The smallest absolute Gasteiger partial charge is 0.412 e. The molecular weight excluding hydrogens is 308 g/mol. The van der Waals surface area contributed by atoms with E-state index in [0.717, 1.165) is 26.1 Å². The van der Waals surface area contributed by atoms with Crippen LogP contribution in [0, 0.1) is 11.3 Å². The highest BCUT2D eigenvalue weighted by Gasteiger charge is 2.25. The molecule has 1 saturated heterocycles. The summed E-state index contributed by atoms with van der Waals surface area (Å²) in [7, 11) is 0. The number of nitrogens with one attached hydrogen (secondary N) is 1. The van der Waals surface area contributed by atoms with Crippen LogP contribution in [0.25, 0.3) is 0 Å². The van der Waals surface area contributed by atoms with Crippen molar-refractivity contribution < 1.29 is 9.53 Å². The second-order valence-electron chi connectivity index (χ2n) is 6.91. The lowest BCUT2D eigenvalue weighted by Gasteiger charge is -2.20. The standard InChI is InChI=1S/C17H24N4O3/c1-17(2,3)24-16(23)19-14-6-4-10-21(15(14)22)13-7-11-20(12-13)9-5-8-18/h4,6,10,13H,5,7,9,11-12H2,1-3H3,(H,19,23)/t13-/m1/s1. The van der Waals surface area contributed by atoms with Crippen LogP contribution in [-0.2, 0) is 4.74 Å². The Labute approximate surface area is 141 Å². The van der Waals surface area contributed by atoms with Crippen molar-refractivity contribution in [1.82, 2.24) is 9.47 Å². The molecule has 24 heavy (non-hydrogen) atoms. The van der Waals surface area contributed by atoms with E-state index in [2.05, 4.69) is 16.3 Å². The van der Waals surface area contributed by atoms with Crippen molar-refractivity contribution in [2.24, 2.45) is 0 Å². The highest BCUT2D eigenvalue weighted by atomic mass is 16.6. The van der Waals surface area contributed by atoms with Crippen LogP contribution in [0.5, 0.6) is 0 Å². The highest BCUT2D eigenvalue weighted by molar-refractivity contribution is 5.84. The molecule has 2 rings (SSSR count). The molecule has 0 radical (unpaired) electrons. The molecule has 7 nitrogen and oxygen atoms in total. The van der Waals surface area contributed by atoms with Gasteiger partial charge in [-0.3, -0.25) is 10.1 Å². The summed E-state index contributed by atoms with van der Waals surface area (Å²) in [6, 6.07) is 5.51. The molecule has 130 valence electrons. The van der Waals surface area contributed by atoms with Crippen LogP contribution in [0.1, 0.15) is 39.7 Å². The first-order chi connectivity index (χ1) is 11.3. The number of anilines is 1. The van der Waals surface area contributed by atoms with Gasteiger partial charge in [0.15, 0.2) is 0 Å². The Morgan fingerprint density at radius 2 is 2.25 bits per heavy atom. The number of amides is 1. The van der Waals surface area contributed by atoms with Gasteiger partial charge in [-0.15, -0.1) is 0 Å². The average Bonchev–Trinajstić information content (AvgIpc) is 2.94. The summed E-state index contributed by atoms with van der Waals surface area (Å²) in [6.45, 7) is 7.62. The van der Waals surface area contributed by atoms with Crippen LogP contribution in [0.15, 0.2) is 23.1 Å². The topological polar surface area (TPSA) is 87.4 Å². The fourth-order valence-corrected chi connectivity index (χ4v) is 2.76. The first kappa shape index (κ1) is 18.0. The molecule has 0 bridgehead atoms. The number of rotatable bonds is 4. The number of nitriles is 1. The molecule has 1 N–H and O–H groups in total. The maximum atomic E-state index is 12.6. The molecule has 0 unspecified atom stereocenters. The van der Waals surface area contributed by atoms with Gasteiger partial charge >= 0.3 is 6.09 Å². The first-order valence-corrected chi connectivity index (χ1v) is 8.10. The zero-order valence-electron chi connectivity index (χ0n) is 14.4. The third-order valence-electron chi connectivity index (χ3n) is 3.79. The summed E-state index contributed by atoms with van der Waals surface area (Å²) < 4.78 is 6.84. The minimum absolute atomic E-state index is 0.0524. The van der Waals surface area contributed by atoms with Gasteiger partial charge in [-0.25, -0.2) is 4.79 Å². The molecule has 0 spiro atoms. The van der Waals surface area contributed by atoms with Crippen molar-refractivity contribution in [1.29, 1.82) is 5.26 Å². The Kier molecular flexibility index (Phi) is 5.62. The van der Waals surface area contributed by atoms with Crippen molar-refractivity contribution in [3.63, 3.8) is 0 Å². The van der Waals surface area contributed by atoms with Gasteiger partial charge in [-0.2, -0.15) is 5.26 Å². The van der Waals surface area contributed by atoms with E-state index in [1.165, 1.54) is 0 Å². The monoisotopic (exact) mass is 332 g/mol. The summed E-state index contributed by atoms with van der Waals surface area (Å²) in [6.07, 6.45) is 2.43. The molecule has 1 amide bonds. The van der Waals surface area contributed by atoms with E-state index < -0.39 is 11.7 Å². The van der Waals surface area contributed by atoms with Crippen LogP contribution >= 0.6 is 0 Å². The molecule has 1 atom stereocenters. The summed E-state index contributed by atoms with van der Waals surface area (Å²) in [5.74, 6) is 0. The minimum Gasteiger partial charge on any atom is -0.444 e. The van der Waals surface area contributed by atoms with Crippen LogP contribution in [0.3, 0.4) is 0 Å². The van der Waals surface area contributed by atoms with E-state index in [1.54, 1.807) is 43.7 Å². The Morgan fingerprint density at radius 1 is 1.50 bits per heavy atom. The van der Waals surface area contributed by atoms with Crippen molar-refractivity contribution in [2.75, 3.05) is 25.0 Å². The molecule has 0 aliphatic carbocycles. The maximum Gasteiger partial charge on any atom is 0.412 e. The lowest BCUT2D eigenvalue weighted by molar-refractivity contribution is 0.0635. The fourth-order valence-electron chi connectivity index (χ4n) is 2.76. The molecule has 0 saturated carbocycles. The Bertz CT molecular complexity index is 684. The number of hydrogen-bond donors (Lipinski definition) is 1. The molecule has 1 aliphatic rings. The predicted molar refractivity (Wildman–Crippen MR) is 90.9 cm³/mol. The summed E-state index contributed by atoms with van der Waals surface area (Å²) in [5.41, 5.74) is -0.650. The second-order valence-corrected chi connectivity index (χ2v) is 6.91. The molecule has 0 aromatic carbocycles. The van der Waals surface area contributed by atoms with Crippen LogP contribution in [-0.4, -0.2) is 40.8 Å². The van der Waals surface area contributed by atoms with Crippen LogP contribution < -0.4 is 10.9 Å². The van der Waals surface area contributed by atoms with E-state index in [9.17, 15) is 9.59 Å². The zero-order chi connectivity index (χ0) is 17.7. The molecular formula is C17H24N4O3. The van der Waals surface area contributed by atoms with Gasteiger partial charge in [-0.1, -0.05) is 0 Å². The normalized spacial score (nSPS) is 18.2. The number of nitrogens with zero attached hydrogens (tertiary/aromatic N) is 3. The summed E-state index contributed by atoms with van der Waals surface area (Å²) >= 11 is 0. The Hall–Kier alpha value is -2.33. The number of carbonyl (C=O) groups is 1. The van der Waals surface area contributed by atoms with Gasteiger partial charge in [0.2, 0.25) is 0 Å². The SMILES string of the molecule is CC(C)(C)OC(=O)Nc1cccn([C@@H]2CCN(CCC#N)C2)c1=O. The second kappa shape index (κ2) is 7.49. The molecule has 2 heterocycles. The van der Waals surface area contributed by atoms with E-state index in [0.29, 0.717) is 6.42 Å². The Balaban J connectivity index is 2.07. The Morgan fingerprint density at radius 3 is 2.92 bits per heavy atom. The number of hydrogen-bond acceptors (Lipinski definition) is 5. The van der Waals surface area contributed by atoms with Gasteiger partial charge in [0.25, 0.3) is 5.56 Å². The average molecular weight is 332 g/mol. The number of aromatic nitrogens is 1. The first-order valence-electron chi connectivity index (χ1n) is 8.10. The van der Waals surface area contributed by atoms with Gasteiger partial charge in [0.1, 0.15) is 11.3 Å². The maximum absolute atomic E-state index is 12.6. The van der Waals surface area contributed by atoms with Gasteiger partial charge < -0.3 is 14.2 Å². The lowest BCUT2D eigenvalue weighted by atomic mass is 10.2. The predicted octanol–water partition coefficient (Wildman–Crippen LogP) is 2.36. The van der Waals surface area contributed by atoms with Crippen molar-refractivity contribution in [3.05, 3.63) is 28.7 Å². The summed E-state index contributed by atoms with van der Waals surface area (Å²) in [5, 5.41) is 11.2. The quantitative estimate of drug-likeness (QED) is 0.914. The van der Waals surface area contributed by atoms with E-state index in [-0.39, 0.29) is 17.3 Å². The van der Waals surface area contributed by atoms with Crippen LogP contribution in [0.4, 0.5) is 10.5 Å². The molecule has 1 aromatic rings. The molecule has 1 fully saturated rings. The van der Waals surface area contributed by atoms with Crippen molar-refractivity contribution in [3.8, 4) is 6.07 Å². The van der Waals surface area contributed by atoms with Crippen molar-refractivity contribution >= 4 is 11.8 Å². The summed E-state index contributed by atoms with van der Waals surface area (Å²) in [4.78, 5) is 26.6. The van der Waals surface area contributed by atoms with Gasteiger partial charge in [0.05, 0.1) is 12.1 Å². The van der Waals surface area contributed by atoms with Gasteiger partial charge in [0, 0.05) is 32.3 Å². The third kappa shape index (κ3) is 4.83.